The third-order valence-corrected chi connectivity index (χ3v) is 4.42. The van der Waals surface area contributed by atoms with Crippen molar-refractivity contribution in [1.82, 2.24) is 9.97 Å². The topological polar surface area (TPSA) is 47.1 Å². The number of ether oxygens (including phenoxy) is 2. The van der Waals surface area contributed by atoms with E-state index in [0.717, 1.165) is 5.39 Å². The lowest BCUT2D eigenvalue weighted by Crippen LogP contribution is -2.20. The second-order valence-corrected chi connectivity index (χ2v) is 6.15. The molecule has 0 radical (unpaired) electrons. The molecule has 1 N–H and O–H groups in total. The molecule has 0 amide bonds. The third-order valence-electron chi connectivity index (χ3n) is 3.99. The third kappa shape index (κ3) is 3.95. The Balaban J connectivity index is 1.88. The van der Waals surface area contributed by atoms with E-state index in [9.17, 15) is 17.6 Å². The lowest BCUT2D eigenvalue weighted by atomic mass is 9.95. The number of alkyl halides is 4. The second kappa shape index (κ2) is 7.19. The van der Waals surface area contributed by atoms with E-state index >= 15 is 0 Å². The summed E-state index contributed by atoms with van der Waals surface area (Å²) in [5.74, 6) is 0.386. The summed E-state index contributed by atoms with van der Waals surface area (Å²) in [7, 11) is 1.50. The van der Waals surface area contributed by atoms with Crippen LogP contribution in [0.15, 0.2) is 40.9 Å². The quantitative estimate of drug-likeness (QED) is 0.745. The molecule has 9 heteroatoms. The van der Waals surface area contributed by atoms with Gasteiger partial charge in [0.25, 0.3) is 0 Å². The molecule has 1 unspecified atom stereocenters. The number of H-pyrrole nitrogens is 1. The molecule has 1 atom stereocenters. The van der Waals surface area contributed by atoms with E-state index in [4.69, 9.17) is 21.1 Å². The number of aromatic amines is 1. The van der Waals surface area contributed by atoms with Crippen molar-refractivity contribution in [2.45, 2.75) is 25.2 Å². The molecule has 0 fully saturated rings. The van der Waals surface area contributed by atoms with Crippen molar-refractivity contribution >= 4 is 22.6 Å². The van der Waals surface area contributed by atoms with Crippen LogP contribution in [-0.4, -0.2) is 36.0 Å². The first-order valence-corrected chi connectivity index (χ1v) is 8.09. The van der Waals surface area contributed by atoms with Crippen LogP contribution in [0.5, 0.6) is 5.75 Å². The fourth-order valence-corrected chi connectivity index (χ4v) is 3.03. The van der Waals surface area contributed by atoms with Gasteiger partial charge in [0, 0.05) is 24.4 Å². The number of pyridine rings is 1. The fraction of sp³-hybridized carbons (Fsp3) is 0.353. The summed E-state index contributed by atoms with van der Waals surface area (Å²) >= 11 is 6.13. The Hall–Kier alpha value is -2.22. The summed E-state index contributed by atoms with van der Waals surface area (Å²) in [5, 5.41) is 0.596. The summed E-state index contributed by atoms with van der Waals surface area (Å²) in [4.78, 5) is 7.16. The molecule has 2 aromatic heterocycles. The standard InChI is InChI=1S/C17H15ClF4N2O2/c1-25-10-5-11-9(6-23-16(11)24-7-10)4-12-13(19)2-3-14(15(12)18)26-8-17(20,21)22/h3,5-7,13H,2,4,8H2,1H3,(H,23,24). The largest absolute Gasteiger partial charge is 0.495 e. The lowest BCUT2D eigenvalue weighted by molar-refractivity contribution is -0.164. The molecule has 4 nitrogen and oxygen atoms in total. The summed E-state index contributed by atoms with van der Waals surface area (Å²) in [6, 6.07) is 1.75. The lowest BCUT2D eigenvalue weighted by Gasteiger charge is -2.22. The highest BCUT2D eigenvalue weighted by Crippen LogP contribution is 2.35. The normalized spacial score (nSPS) is 18.2. The maximum atomic E-state index is 14.4. The van der Waals surface area contributed by atoms with E-state index < -0.39 is 19.0 Å². The molecule has 2 aromatic rings. The number of fused-ring (bicyclic) bond motifs is 1. The molecule has 0 saturated heterocycles. The van der Waals surface area contributed by atoms with Crippen molar-refractivity contribution in [3.8, 4) is 5.75 Å². The molecule has 26 heavy (non-hydrogen) atoms. The minimum absolute atomic E-state index is 0.0946. The van der Waals surface area contributed by atoms with Crippen LogP contribution in [0.2, 0.25) is 0 Å². The van der Waals surface area contributed by atoms with Crippen molar-refractivity contribution in [2.75, 3.05) is 13.7 Å². The Morgan fingerprint density at radius 2 is 2.15 bits per heavy atom. The van der Waals surface area contributed by atoms with Crippen LogP contribution < -0.4 is 4.74 Å². The van der Waals surface area contributed by atoms with Crippen molar-refractivity contribution in [1.29, 1.82) is 0 Å². The number of hydrogen-bond donors (Lipinski definition) is 1. The molecule has 0 aliphatic heterocycles. The van der Waals surface area contributed by atoms with Gasteiger partial charge in [-0.15, -0.1) is 0 Å². The first kappa shape index (κ1) is 18.6. The number of halogens is 5. The van der Waals surface area contributed by atoms with Crippen LogP contribution in [0.4, 0.5) is 17.6 Å². The van der Waals surface area contributed by atoms with Gasteiger partial charge in [-0.05, 0) is 23.3 Å². The van der Waals surface area contributed by atoms with E-state index in [1.54, 1.807) is 18.5 Å². The highest BCUT2D eigenvalue weighted by atomic mass is 35.5. The van der Waals surface area contributed by atoms with E-state index in [-0.39, 0.29) is 29.2 Å². The number of hydrogen-bond acceptors (Lipinski definition) is 3. The van der Waals surface area contributed by atoms with Crippen molar-refractivity contribution < 1.29 is 27.0 Å². The van der Waals surface area contributed by atoms with Crippen LogP contribution in [0.1, 0.15) is 12.0 Å². The highest BCUT2D eigenvalue weighted by molar-refractivity contribution is 6.32. The van der Waals surface area contributed by atoms with Crippen LogP contribution in [0.25, 0.3) is 11.0 Å². The van der Waals surface area contributed by atoms with Crippen molar-refractivity contribution in [2.24, 2.45) is 0 Å². The predicted molar refractivity (Wildman–Crippen MR) is 88.8 cm³/mol. The Morgan fingerprint density at radius 3 is 2.85 bits per heavy atom. The van der Waals surface area contributed by atoms with Crippen molar-refractivity contribution in [3.63, 3.8) is 0 Å². The minimum Gasteiger partial charge on any atom is -0.495 e. The molecule has 0 saturated carbocycles. The zero-order valence-corrected chi connectivity index (χ0v) is 14.4. The van der Waals surface area contributed by atoms with Crippen LogP contribution in [0.3, 0.4) is 0 Å². The van der Waals surface area contributed by atoms with Gasteiger partial charge in [0.15, 0.2) is 6.61 Å². The first-order chi connectivity index (χ1) is 12.3. The molecule has 140 valence electrons. The smallest absolute Gasteiger partial charge is 0.422 e. The molecular formula is C17H15ClF4N2O2. The number of nitrogens with one attached hydrogen (secondary N) is 1. The van der Waals surface area contributed by atoms with Gasteiger partial charge < -0.3 is 14.5 Å². The van der Waals surface area contributed by atoms with Gasteiger partial charge >= 0.3 is 6.18 Å². The Morgan fingerprint density at radius 1 is 1.38 bits per heavy atom. The Kier molecular flexibility index (Phi) is 5.13. The maximum absolute atomic E-state index is 14.4. The number of methoxy groups -OCH3 is 1. The van der Waals surface area contributed by atoms with Gasteiger partial charge in [0.1, 0.15) is 23.3 Å². The Bertz CT molecular complexity index is 873. The molecule has 3 rings (SSSR count). The van der Waals surface area contributed by atoms with Crippen LogP contribution >= 0.6 is 11.6 Å². The van der Waals surface area contributed by atoms with Crippen molar-refractivity contribution in [3.05, 3.63) is 46.5 Å². The predicted octanol–water partition coefficient (Wildman–Crippen LogP) is 4.81. The van der Waals surface area contributed by atoms with Gasteiger partial charge in [-0.3, -0.25) is 0 Å². The average Bonchev–Trinajstić information content (AvgIpc) is 2.99. The van der Waals surface area contributed by atoms with Gasteiger partial charge in [-0.25, -0.2) is 9.37 Å². The summed E-state index contributed by atoms with van der Waals surface area (Å²) < 4.78 is 61.3. The van der Waals surface area contributed by atoms with E-state index in [2.05, 4.69) is 9.97 Å². The molecule has 1 aliphatic carbocycles. The SMILES string of the molecule is COc1cnc2[nH]cc(CC3=C(Cl)C(OCC(F)(F)F)=CCC3F)c2c1. The molecule has 0 spiro atoms. The first-order valence-electron chi connectivity index (χ1n) is 7.71. The summed E-state index contributed by atoms with van der Waals surface area (Å²) in [6.07, 6.45) is -1.44. The average molecular weight is 391 g/mol. The maximum Gasteiger partial charge on any atom is 0.422 e. The zero-order chi connectivity index (χ0) is 18.9. The molecule has 0 bridgehead atoms. The van der Waals surface area contributed by atoms with Crippen LogP contribution in [-0.2, 0) is 11.2 Å². The Labute approximate surface area is 151 Å². The van der Waals surface area contributed by atoms with E-state index in [1.807, 2.05) is 0 Å². The fourth-order valence-electron chi connectivity index (χ4n) is 2.71. The van der Waals surface area contributed by atoms with Gasteiger partial charge in [-0.1, -0.05) is 11.6 Å². The monoisotopic (exact) mass is 390 g/mol. The van der Waals surface area contributed by atoms with E-state index in [1.165, 1.54) is 13.2 Å². The minimum atomic E-state index is -4.50. The zero-order valence-electron chi connectivity index (χ0n) is 13.7. The second-order valence-electron chi connectivity index (χ2n) is 5.78. The number of nitrogens with zero attached hydrogens (tertiary/aromatic N) is 1. The summed E-state index contributed by atoms with van der Waals surface area (Å²) in [5.41, 5.74) is 1.47. The highest BCUT2D eigenvalue weighted by Gasteiger charge is 2.31. The molecule has 0 aromatic carbocycles. The number of rotatable bonds is 5. The number of aromatic nitrogens is 2. The van der Waals surface area contributed by atoms with Gasteiger partial charge in [0.2, 0.25) is 0 Å². The van der Waals surface area contributed by atoms with Crippen LogP contribution in [0, 0.1) is 0 Å². The van der Waals surface area contributed by atoms with E-state index in [0.29, 0.717) is 17.0 Å². The molecular weight excluding hydrogens is 376 g/mol. The molecule has 2 heterocycles. The van der Waals surface area contributed by atoms with Gasteiger partial charge in [0.05, 0.1) is 18.3 Å². The summed E-state index contributed by atoms with van der Waals surface area (Å²) in [6.45, 7) is -1.48. The van der Waals surface area contributed by atoms with Gasteiger partial charge in [-0.2, -0.15) is 13.2 Å². The molecule has 1 aliphatic rings. The number of allylic oxidation sites excluding steroid dienone is 3.